The molecule has 0 bridgehead atoms. The number of hydrogen-bond acceptors (Lipinski definition) is 5. The number of unbranched alkanes of at least 4 members (excludes halogenated alkanes) is 1. The molecule has 2 aromatic carbocycles. The fraction of sp³-hybridized carbons (Fsp3) is 0.391. The molecule has 0 radical (unpaired) electrons. The molecule has 1 N–H and O–H groups in total. The number of rotatable bonds is 9. The number of carbonyl (C=O) groups is 2. The highest BCUT2D eigenvalue weighted by Gasteiger charge is 2.36. The second kappa shape index (κ2) is 10.1. The summed E-state index contributed by atoms with van der Waals surface area (Å²) in [7, 11) is -0.469. The summed E-state index contributed by atoms with van der Waals surface area (Å²) in [4.78, 5) is 27.0. The van der Waals surface area contributed by atoms with Crippen LogP contribution in [0.2, 0.25) is 0 Å². The van der Waals surface area contributed by atoms with Crippen LogP contribution in [-0.2, 0) is 19.6 Å². The van der Waals surface area contributed by atoms with Crippen LogP contribution in [0.15, 0.2) is 53.4 Å². The van der Waals surface area contributed by atoms with Crippen molar-refractivity contribution in [3.05, 3.63) is 48.5 Å². The summed E-state index contributed by atoms with van der Waals surface area (Å²) in [5.74, 6) is -0.378. The Morgan fingerprint density at radius 2 is 1.88 bits per heavy atom. The highest BCUT2D eigenvalue weighted by atomic mass is 32.2. The number of nitrogens with one attached hydrogen (secondary N) is 1. The lowest BCUT2D eigenvalue weighted by Gasteiger charge is -2.19. The summed E-state index contributed by atoms with van der Waals surface area (Å²) in [6.07, 6.45) is 1.79. The van der Waals surface area contributed by atoms with Gasteiger partial charge in [-0.1, -0.05) is 25.5 Å². The molecule has 0 aliphatic carbocycles. The van der Waals surface area contributed by atoms with E-state index in [2.05, 4.69) is 5.32 Å². The van der Waals surface area contributed by atoms with Gasteiger partial charge in [-0.3, -0.25) is 9.59 Å². The van der Waals surface area contributed by atoms with Crippen LogP contribution in [0, 0.1) is 5.92 Å². The molecule has 8 nitrogen and oxygen atoms in total. The first-order valence-corrected chi connectivity index (χ1v) is 12.0. The van der Waals surface area contributed by atoms with Gasteiger partial charge in [-0.25, -0.2) is 12.7 Å². The van der Waals surface area contributed by atoms with Crippen LogP contribution in [0.3, 0.4) is 0 Å². The molecule has 3 rings (SSSR count). The standard InChI is InChI=1S/C23H29N3O5S/c1-4-5-14-25(2)32(29,30)19-12-10-18(11-13-19)24-23(28)17-15-22(27)26(16-17)20-8-6-7-9-21(20)31-3/h6-13,17H,4-5,14-16H2,1-3H3,(H,24,28)/t17-/m1/s1. The van der Waals surface area contributed by atoms with E-state index in [0.717, 1.165) is 12.8 Å². The molecule has 1 fully saturated rings. The van der Waals surface area contributed by atoms with Gasteiger partial charge in [-0.15, -0.1) is 0 Å². The average molecular weight is 460 g/mol. The van der Waals surface area contributed by atoms with Gasteiger partial charge in [0, 0.05) is 32.2 Å². The molecular formula is C23H29N3O5S. The Morgan fingerprint density at radius 1 is 1.19 bits per heavy atom. The Labute approximate surface area is 189 Å². The minimum atomic E-state index is -3.57. The van der Waals surface area contributed by atoms with Gasteiger partial charge in [0.15, 0.2) is 0 Å². The molecule has 2 aromatic rings. The summed E-state index contributed by atoms with van der Waals surface area (Å²) in [5.41, 5.74) is 1.12. The third-order valence-electron chi connectivity index (χ3n) is 5.53. The van der Waals surface area contributed by atoms with Crippen molar-refractivity contribution in [2.75, 3.05) is 37.5 Å². The Hall–Kier alpha value is -2.91. The van der Waals surface area contributed by atoms with E-state index in [-0.39, 0.29) is 29.7 Å². The number of ether oxygens (including phenoxy) is 1. The third-order valence-corrected chi connectivity index (χ3v) is 7.40. The quantitative estimate of drug-likeness (QED) is 0.622. The van der Waals surface area contributed by atoms with Gasteiger partial charge >= 0.3 is 0 Å². The zero-order valence-electron chi connectivity index (χ0n) is 18.6. The lowest BCUT2D eigenvalue weighted by molar-refractivity contribution is -0.122. The van der Waals surface area contributed by atoms with E-state index in [1.165, 1.54) is 23.5 Å². The number of nitrogens with zero attached hydrogens (tertiary/aromatic N) is 2. The maximum absolute atomic E-state index is 12.8. The first kappa shape index (κ1) is 23.7. The molecular weight excluding hydrogens is 430 g/mol. The van der Waals surface area contributed by atoms with Crippen LogP contribution in [0.4, 0.5) is 11.4 Å². The van der Waals surface area contributed by atoms with Crippen LogP contribution in [0.5, 0.6) is 5.75 Å². The minimum Gasteiger partial charge on any atom is -0.495 e. The van der Waals surface area contributed by atoms with E-state index in [1.54, 1.807) is 36.2 Å². The van der Waals surface area contributed by atoms with Crippen molar-refractivity contribution in [2.45, 2.75) is 31.1 Å². The van der Waals surface area contributed by atoms with Crippen LogP contribution < -0.4 is 15.0 Å². The van der Waals surface area contributed by atoms with Crippen LogP contribution in [0.25, 0.3) is 0 Å². The molecule has 2 amide bonds. The smallest absolute Gasteiger partial charge is 0.242 e. The first-order chi connectivity index (χ1) is 15.3. The summed E-state index contributed by atoms with van der Waals surface area (Å²) in [5, 5.41) is 2.79. The van der Waals surface area contributed by atoms with Crippen molar-refractivity contribution in [1.29, 1.82) is 0 Å². The number of carbonyl (C=O) groups excluding carboxylic acids is 2. The largest absolute Gasteiger partial charge is 0.495 e. The molecule has 0 unspecified atom stereocenters. The minimum absolute atomic E-state index is 0.0958. The number of sulfonamides is 1. The predicted octanol–water partition coefficient (Wildman–Crippen LogP) is 3.11. The molecule has 1 aliphatic heterocycles. The molecule has 1 atom stereocenters. The summed E-state index contributed by atoms with van der Waals surface area (Å²) in [6.45, 7) is 2.71. The monoisotopic (exact) mass is 459 g/mol. The highest BCUT2D eigenvalue weighted by molar-refractivity contribution is 7.89. The fourth-order valence-electron chi connectivity index (χ4n) is 3.60. The zero-order chi connectivity index (χ0) is 23.3. The Bertz CT molecular complexity index is 1070. The van der Waals surface area contributed by atoms with Gasteiger partial charge in [-0.2, -0.15) is 0 Å². The van der Waals surface area contributed by atoms with E-state index in [1.807, 2.05) is 19.1 Å². The number of anilines is 2. The van der Waals surface area contributed by atoms with Gasteiger partial charge < -0.3 is 15.0 Å². The lowest BCUT2D eigenvalue weighted by Crippen LogP contribution is -2.28. The van der Waals surface area contributed by atoms with E-state index in [0.29, 0.717) is 23.7 Å². The Morgan fingerprint density at radius 3 is 2.53 bits per heavy atom. The molecule has 1 saturated heterocycles. The van der Waals surface area contributed by atoms with Crippen LogP contribution >= 0.6 is 0 Å². The molecule has 172 valence electrons. The number of hydrogen-bond donors (Lipinski definition) is 1. The molecule has 9 heteroatoms. The van der Waals surface area contributed by atoms with Crippen molar-refractivity contribution in [3.8, 4) is 5.75 Å². The lowest BCUT2D eigenvalue weighted by atomic mass is 10.1. The highest BCUT2D eigenvalue weighted by Crippen LogP contribution is 2.33. The maximum atomic E-state index is 12.8. The molecule has 0 aromatic heterocycles. The maximum Gasteiger partial charge on any atom is 0.242 e. The first-order valence-electron chi connectivity index (χ1n) is 10.6. The van der Waals surface area contributed by atoms with Gasteiger partial charge in [0.2, 0.25) is 21.8 Å². The number of benzene rings is 2. The van der Waals surface area contributed by atoms with Crippen molar-refractivity contribution in [2.24, 2.45) is 5.92 Å². The molecule has 32 heavy (non-hydrogen) atoms. The SMILES string of the molecule is CCCCN(C)S(=O)(=O)c1ccc(NC(=O)[C@@H]2CC(=O)N(c3ccccc3OC)C2)cc1. The Kier molecular flexibility index (Phi) is 7.52. The van der Waals surface area contributed by atoms with Crippen LogP contribution in [0.1, 0.15) is 26.2 Å². The van der Waals surface area contributed by atoms with Crippen molar-refractivity contribution < 1.29 is 22.7 Å². The summed E-state index contributed by atoms with van der Waals surface area (Å²) < 4.78 is 31.9. The van der Waals surface area contributed by atoms with E-state index < -0.39 is 15.9 Å². The fourth-order valence-corrected chi connectivity index (χ4v) is 4.81. The average Bonchev–Trinajstić information content (AvgIpc) is 3.19. The van der Waals surface area contributed by atoms with Gasteiger partial charge in [0.1, 0.15) is 5.75 Å². The van der Waals surface area contributed by atoms with E-state index in [9.17, 15) is 18.0 Å². The third kappa shape index (κ3) is 5.11. The van der Waals surface area contributed by atoms with E-state index >= 15 is 0 Å². The normalized spacial score (nSPS) is 16.4. The van der Waals surface area contributed by atoms with Gasteiger partial charge in [-0.05, 0) is 42.8 Å². The molecule has 1 aliphatic rings. The van der Waals surface area contributed by atoms with Crippen molar-refractivity contribution in [3.63, 3.8) is 0 Å². The Balaban J connectivity index is 1.66. The number of amides is 2. The molecule has 1 heterocycles. The summed E-state index contributed by atoms with van der Waals surface area (Å²) in [6, 6.07) is 13.3. The van der Waals surface area contributed by atoms with Crippen molar-refractivity contribution in [1.82, 2.24) is 4.31 Å². The molecule has 0 saturated carbocycles. The van der Waals surface area contributed by atoms with Gasteiger partial charge in [0.25, 0.3) is 0 Å². The number of para-hydroxylation sites is 2. The second-order valence-corrected chi connectivity index (χ2v) is 9.82. The predicted molar refractivity (Wildman–Crippen MR) is 123 cm³/mol. The number of methoxy groups -OCH3 is 1. The van der Waals surface area contributed by atoms with Crippen molar-refractivity contribution >= 4 is 33.2 Å². The second-order valence-electron chi connectivity index (χ2n) is 7.77. The van der Waals surface area contributed by atoms with Crippen LogP contribution in [-0.4, -0.2) is 51.8 Å². The van der Waals surface area contributed by atoms with Gasteiger partial charge in [0.05, 0.1) is 23.6 Å². The van der Waals surface area contributed by atoms with E-state index in [4.69, 9.17) is 4.74 Å². The molecule has 0 spiro atoms. The zero-order valence-corrected chi connectivity index (χ0v) is 19.4. The topological polar surface area (TPSA) is 96.0 Å². The summed E-state index contributed by atoms with van der Waals surface area (Å²) >= 11 is 0.